The van der Waals surface area contributed by atoms with Gasteiger partial charge in [0.25, 0.3) is 0 Å². The van der Waals surface area contributed by atoms with Gasteiger partial charge in [-0.2, -0.15) is 0 Å². The molecule has 0 aliphatic rings. The molecule has 2 heterocycles. The van der Waals surface area contributed by atoms with Crippen LogP contribution in [0.25, 0.3) is 10.2 Å². The summed E-state index contributed by atoms with van der Waals surface area (Å²) < 4.78 is 5.13. The minimum absolute atomic E-state index is 0.446. The molecule has 0 saturated carbocycles. The first-order valence-electron chi connectivity index (χ1n) is 5.08. The molecule has 1 atom stereocenters. The lowest BCUT2D eigenvalue weighted by atomic mass is 10.2. The Hall–Kier alpha value is -1.17. The summed E-state index contributed by atoms with van der Waals surface area (Å²) in [5, 5.41) is 10.6. The van der Waals surface area contributed by atoms with Crippen LogP contribution in [0.15, 0.2) is 12.1 Å². The fourth-order valence-corrected chi connectivity index (χ4v) is 2.60. The standard InChI is InChI=1S/C11H14N2O2S/c1-3-15-11(14)9-8(12)7-5-4-6(2)13-10(7)16-9/h4-5,11,14H,3,12H2,1-2H3/t11-/m0/s1. The summed E-state index contributed by atoms with van der Waals surface area (Å²) >= 11 is 1.37. The second-order valence-electron chi connectivity index (χ2n) is 3.49. The summed E-state index contributed by atoms with van der Waals surface area (Å²) in [4.78, 5) is 5.84. The molecule has 0 amide bonds. The molecule has 86 valence electrons. The predicted octanol–water partition coefficient (Wildman–Crippen LogP) is 2.21. The van der Waals surface area contributed by atoms with Gasteiger partial charge in [-0.05, 0) is 26.0 Å². The number of pyridine rings is 1. The third-order valence-electron chi connectivity index (χ3n) is 2.31. The maximum Gasteiger partial charge on any atom is 0.192 e. The number of aromatic nitrogens is 1. The number of aliphatic hydroxyl groups excluding tert-OH is 1. The van der Waals surface area contributed by atoms with Crippen molar-refractivity contribution in [2.75, 3.05) is 12.3 Å². The smallest absolute Gasteiger partial charge is 0.192 e. The van der Waals surface area contributed by atoms with Crippen LogP contribution in [0.4, 0.5) is 5.69 Å². The van der Waals surface area contributed by atoms with Crippen molar-refractivity contribution in [3.63, 3.8) is 0 Å². The number of nitrogen functional groups attached to an aromatic ring is 1. The normalized spacial score (nSPS) is 13.2. The Kier molecular flexibility index (Phi) is 3.09. The predicted molar refractivity (Wildman–Crippen MR) is 65.4 cm³/mol. The maximum absolute atomic E-state index is 9.75. The van der Waals surface area contributed by atoms with Gasteiger partial charge >= 0.3 is 0 Å². The van der Waals surface area contributed by atoms with E-state index in [9.17, 15) is 5.11 Å². The monoisotopic (exact) mass is 238 g/mol. The molecule has 0 unspecified atom stereocenters. The van der Waals surface area contributed by atoms with E-state index in [1.54, 1.807) is 0 Å². The number of rotatable bonds is 3. The van der Waals surface area contributed by atoms with E-state index in [2.05, 4.69) is 4.98 Å². The number of thiophene rings is 1. The van der Waals surface area contributed by atoms with Gasteiger partial charge in [0.1, 0.15) is 4.83 Å². The van der Waals surface area contributed by atoms with E-state index in [1.807, 2.05) is 26.0 Å². The molecule has 0 fully saturated rings. The SMILES string of the molecule is CCO[C@H](O)c1sc2nc(C)ccc2c1N. The van der Waals surface area contributed by atoms with Gasteiger partial charge in [0.15, 0.2) is 6.29 Å². The molecule has 2 aromatic heterocycles. The average Bonchev–Trinajstić information content (AvgIpc) is 2.56. The van der Waals surface area contributed by atoms with Gasteiger partial charge in [0.2, 0.25) is 0 Å². The highest BCUT2D eigenvalue weighted by Gasteiger charge is 2.17. The Bertz CT molecular complexity index is 510. The number of fused-ring (bicyclic) bond motifs is 1. The van der Waals surface area contributed by atoms with Crippen LogP contribution in [0.2, 0.25) is 0 Å². The van der Waals surface area contributed by atoms with Crippen LogP contribution < -0.4 is 5.73 Å². The first-order chi connectivity index (χ1) is 7.63. The van der Waals surface area contributed by atoms with E-state index in [4.69, 9.17) is 10.5 Å². The summed E-state index contributed by atoms with van der Waals surface area (Å²) in [6, 6.07) is 3.83. The molecule has 4 nitrogen and oxygen atoms in total. The molecular weight excluding hydrogens is 224 g/mol. The second-order valence-corrected chi connectivity index (χ2v) is 4.52. The molecular formula is C11H14N2O2S. The first kappa shape index (κ1) is 11.3. The highest BCUT2D eigenvalue weighted by molar-refractivity contribution is 7.19. The summed E-state index contributed by atoms with van der Waals surface area (Å²) in [5.74, 6) is 0. The van der Waals surface area contributed by atoms with Gasteiger partial charge in [-0.3, -0.25) is 0 Å². The molecule has 0 saturated heterocycles. The van der Waals surface area contributed by atoms with Gasteiger partial charge in [-0.15, -0.1) is 11.3 Å². The fourth-order valence-electron chi connectivity index (χ4n) is 1.52. The zero-order valence-corrected chi connectivity index (χ0v) is 10.0. The molecule has 2 aromatic rings. The number of hydrogen-bond acceptors (Lipinski definition) is 5. The molecule has 0 radical (unpaired) electrons. The van der Waals surface area contributed by atoms with E-state index in [0.29, 0.717) is 17.2 Å². The van der Waals surface area contributed by atoms with Gasteiger partial charge < -0.3 is 15.6 Å². The average molecular weight is 238 g/mol. The first-order valence-corrected chi connectivity index (χ1v) is 5.90. The van der Waals surface area contributed by atoms with E-state index >= 15 is 0 Å². The lowest BCUT2D eigenvalue weighted by Crippen LogP contribution is -2.03. The van der Waals surface area contributed by atoms with Crippen LogP contribution in [0.5, 0.6) is 0 Å². The molecule has 2 rings (SSSR count). The molecule has 5 heteroatoms. The maximum atomic E-state index is 9.75. The third-order valence-corrected chi connectivity index (χ3v) is 3.46. The van der Waals surface area contributed by atoms with Crippen molar-refractivity contribution in [2.24, 2.45) is 0 Å². The van der Waals surface area contributed by atoms with Crippen LogP contribution in [0.3, 0.4) is 0 Å². The van der Waals surface area contributed by atoms with E-state index in [1.165, 1.54) is 11.3 Å². The van der Waals surface area contributed by atoms with Crippen molar-refractivity contribution >= 4 is 27.2 Å². The molecule has 3 N–H and O–H groups in total. The van der Waals surface area contributed by atoms with Gasteiger partial charge in [-0.25, -0.2) is 4.98 Å². The molecule has 0 aliphatic carbocycles. The quantitative estimate of drug-likeness (QED) is 0.804. The zero-order valence-electron chi connectivity index (χ0n) is 9.23. The Morgan fingerprint density at radius 1 is 1.56 bits per heavy atom. The Balaban J connectivity index is 2.51. The Morgan fingerprint density at radius 2 is 2.31 bits per heavy atom. The molecule has 0 spiro atoms. The lowest BCUT2D eigenvalue weighted by molar-refractivity contribution is -0.0950. The highest BCUT2D eigenvalue weighted by Crippen LogP contribution is 2.36. The van der Waals surface area contributed by atoms with Crippen LogP contribution in [-0.4, -0.2) is 16.7 Å². The van der Waals surface area contributed by atoms with E-state index < -0.39 is 6.29 Å². The van der Waals surface area contributed by atoms with Crippen molar-refractivity contribution in [3.8, 4) is 0 Å². The lowest BCUT2D eigenvalue weighted by Gasteiger charge is -2.08. The van der Waals surface area contributed by atoms with Crippen LogP contribution >= 0.6 is 11.3 Å². The summed E-state index contributed by atoms with van der Waals surface area (Å²) in [6.07, 6.45) is -0.954. The Morgan fingerprint density at radius 3 is 3.00 bits per heavy atom. The topological polar surface area (TPSA) is 68.4 Å². The highest BCUT2D eigenvalue weighted by atomic mass is 32.1. The van der Waals surface area contributed by atoms with E-state index in [0.717, 1.165) is 15.9 Å². The van der Waals surface area contributed by atoms with Crippen molar-refractivity contribution < 1.29 is 9.84 Å². The summed E-state index contributed by atoms with van der Waals surface area (Å²) in [6.45, 7) is 4.20. The number of ether oxygens (including phenoxy) is 1. The molecule has 0 bridgehead atoms. The fraction of sp³-hybridized carbons (Fsp3) is 0.364. The number of aliphatic hydroxyl groups is 1. The largest absolute Gasteiger partial charge is 0.397 e. The van der Waals surface area contributed by atoms with Crippen LogP contribution in [-0.2, 0) is 4.74 Å². The third kappa shape index (κ3) is 1.89. The van der Waals surface area contributed by atoms with Crippen LogP contribution in [0.1, 0.15) is 23.8 Å². The second kappa shape index (κ2) is 4.37. The molecule has 0 aliphatic heterocycles. The Labute approximate surface area is 97.7 Å². The van der Waals surface area contributed by atoms with E-state index in [-0.39, 0.29) is 0 Å². The van der Waals surface area contributed by atoms with Gasteiger partial charge in [-0.1, -0.05) is 0 Å². The minimum atomic E-state index is -0.954. The zero-order chi connectivity index (χ0) is 11.7. The molecule has 16 heavy (non-hydrogen) atoms. The summed E-state index contributed by atoms with van der Waals surface area (Å²) in [7, 11) is 0. The molecule has 0 aromatic carbocycles. The summed E-state index contributed by atoms with van der Waals surface area (Å²) in [5.41, 5.74) is 7.45. The number of nitrogens with two attached hydrogens (primary N) is 1. The number of anilines is 1. The number of hydrogen-bond donors (Lipinski definition) is 2. The number of nitrogens with zero attached hydrogens (tertiary/aromatic N) is 1. The minimum Gasteiger partial charge on any atom is -0.397 e. The van der Waals surface area contributed by atoms with Crippen molar-refractivity contribution in [1.29, 1.82) is 0 Å². The van der Waals surface area contributed by atoms with Crippen LogP contribution in [0, 0.1) is 6.92 Å². The van der Waals surface area contributed by atoms with Crippen molar-refractivity contribution in [2.45, 2.75) is 20.1 Å². The van der Waals surface area contributed by atoms with Gasteiger partial charge in [0.05, 0.1) is 10.6 Å². The number of aryl methyl sites for hydroxylation is 1. The van der Waals surface area contributed by atoms with Crippen molar-refractivity contribution in [3.05, 3.63) is 22.7 Å². The van der Waals surface area contributed by atoms with Gasteiger partial charge in [0, 0.05) is 17.7 Å². The van der Waals surface area contributed by atoms with Crippen molar-refractivity contribution in [1.82, 2.24) is 4.98 Å².